The van der Waals surface area contributed by atoms with Crippen LogP contribution < -0.4 is 10.1 Å². The number of rotatable bonds is 8. The van der Waals surface area contributed by atoms with E-state index >= 15 is 0 Å². The summed E-state index contributed by atoms with van der Waals surface area (Å²) in [7, 11) is 1.65. The number of amides is 1. The summed E-state index contributed by atoms with van der Waals surface area (Å²) >= 11 is 0. The van der Waals surface area contributed by atoms with Gasteiger partial charge >= 0.3 is 0 Å². The van der Waals surface area contributed by atoms with Crippen molar-refractivity contribution in [3.8, 4) is 5.75 Å². The standard InChI is InChI=1S/C20H26N4O2/c1-4-6-8-18(25)22-19-16-13-14-12-15(26-3)9-10-17(14)21-20(16)24(23-19)11-7-5-2/h9-10,12-13H,4-8,11H2,1-3H3,(H,22,23,25). The third kappa shape index (κ3) is 3.79. The number of aromatic nitrogens is 3. The van der Waals surface area contributed by atoms with Crippen LogP contribution in [0.15, 0.2) is 24.3 Å². The number of unbranched alkanes of at least 4 members (excludes halogenated alkanes) is 2. The van der Waals surface area contributed by atoms with Gasteiger partial charge in [-0.2, -0.15) is 5.10 Å². The number of pyridine rings is 1. The summed E-state index contributed by atoms with van der Waals surface area (Å²) in [6.07, 6.45) is 4.46. The molecule has 0 saturated carbocycles. The second-order valence-electron chi connectivity index (χ2n) is 6.50. The van der Waals surface area contributed by atoms with Crippen molar-refractivity contribution in [2.75, 3.05) is 12.4 Å². The highest BCUT2D eigenvalue weighted by molar-refractivity contribution is 6.02. The molecule has 0 fully saturated rings. The number of anilines is 1. The van der Waals surface area contributed by atoms with E-state index in [9.17, 15) is 4.79 Å². The predicted molar refractivity (Wildman–Crippen MR) is 105 cm³/mol. The maximum absolute atomic E-state index is 12.2. The Balaban J connectivity index is 2.06. The summed E-state index contributed by atoms with van der Waals surface area (Å²) in [6, 6.07) is 7.84. The molecule has 0 spiro atoms. The van der Waals surface area contributed by atoms with Gasteiger partial charge in [0.05, 0.1) is 18.0 Å². The van der Waals surface area contributed by atoms with Crippen LogP contribution in [-0.4, -0.2) is 27.8 Å². The monoisotopic (exact) mass is 354 g/mol. The van der Waals surface area contributed by atoms with Crippen LogP contribution >= 0.6 is 0 Å². The van der Waals surface area contributed by atoms with Gasteiger partial charge in [-0.15, -0.1) is 0 Å². The van der Waals surface area contributed by atoms with Crippen LogP contribution in [0, 0.1) is 0 Å². The summed E-state index contributed by atoms with van der Waals surface area (Å²) in [5, 5.41) is 9.44. The second-order valence-corrected chi connectivity index (χ2v) is 6.50. The van der Waals surface area contributed by atoms with Crippen molar-refractivity contribution in [1.82, 2.24) is 14.8 Å². The molecule has 0 atom stereocenters. The van der Waals surface area contributed by atoms with Gasteiger partial charge < -0.3 is 10.1 Å². The van der Waals surface area contributed by atoms with E-state index < -0.39 is 0 Å². The van der Waals surface area contributed by atoms with E-state index in [2.05, 4.69) is 24.3 Å². The Morgan fingerprint density at radius 1 is 1.19 bits per heavy atom. The Hall–Kier alpha value is -2.63. The van der Waals surface area contributed by atoms with Crippen LogP contribution in [0.5, 0.6) is 5.75 Å². The van der Waals surface area contributed by atoms with Crippen molar-refractivity contribution < 1.29 is 9.53 Å². The number of hydrogen-bond donors (Lipinski definition) is 1. The molecule has 0 radical (unpaired) electrons. The molecule has 2 heterocycles. The van der Waals surface area contributed by atoms with Gasteiger partial charge in [-0.1, -0.05) is 26.7 Å². The number of carbonyl (C=O) groups excluding carboxylic acids is 1. The lowest BCUT2D eigenvalue weighted by atomic mass is 10.1. The Morgan fingerprint density at radius 2 is 2.00 bits per heavy atom. The summed E-state index contributed by atoms with van der Waals surface area (Å²) in [6.45, 7) is 5.01. The number of fused-ring (bicyclic) bond motifs is 2. The fourth-order valence-corrected chi connectivity index (χ4v) is 2.95. The molecule has 1 N–H and O–H groups in total. The summed E-state index contributed by atoms with van der Waals surface area (Å²) in [5.41, 5.74) is 1.70. The van der Waals surface area contributed by atoms with Crippen LogP contribution in [-0.2, 0) is 11.3 Å². The Kier molecular flexibility index (Phi) is 5.71. The highest BCUT2D eigenvalue weighted by Gasteiger charge is 2.15. The van der Waals surface area contributed by atoms with Crippen LogP contribution in [0.25, 0.3) is 21.9 Å². The molecule has 0 saturated heterocycles. The second kappa shape index (κ2) is 8.17. The fraction of sp³-hybridized carbons (Fsp3) is 0.450. The van der Waals surface area contributed by atoms with Crippen molar-refractivity contribution >= 4 is 33.7 Å². The van der Waals surface area contributed by atoms with Gasteiger partial charge in [-0.05, 0) is 37.1 Å². The lowest BCUT2D eigenvalue weighted by Crippen LogP contribution is -2.12. The van der Waals surface area contributed by atoms with E-state index in [1.807, 2.05) is 28.9 Å². The lowest BCUT2D eigenvalue weighted by molar-refractivity contribution is -0.116. The zero-order valence-electron chi connectivity index (χ0n) is 15.7. The van der Waals surface area contributed by atoms with E-state index in [0.717, 1.165) is 59.9 Å². The van der Waals surface area contributed by atoms with Gasteiger partial charge in [0, 0.05) is 18.4 Å². The van der Waals surface area contributed by atoms with Gasteiger partial charge in [-0.25, -0.2) is 9.67 Å². The lowest BCUT2D eigenvalue weighted by Gasteiger charge is -2.04. The number of carbonyl (C=O) groups is 1. The topological polar surface area (TPSA) is 69.0 Å². The maximum Gasteiger partial charge on any atom is 0.225 e. The molecule has 6 nitrogen and oxygen atoms in total. The highest BCUT2D eigenvalue weighted by atomic mass is 16.5. The van der Waals surface area contributed by atoms with Crippen LogP contribution in [0.4, 0.5) is 5.82 Å². The van der Waals surface area contributed by atoms with E-state index in [4.69, 9.17) is 9.72 Å². The summed E-state index contributed by atoms with van der Waals surface area (Å²) in [5.74, 6) is 1.37. The molecule has 1 amide bonds. The largest absolute Gasteiger partial charge is 0.497 e. The highest BCUT2D eigenvalue weighted by Crippen LogP contribution is 2.28. The Bertz CT molecular complexity index is 917. The molecular weight excluding hydrogens is 328 g/mol. The molecule has 138 valence electrons. The van der Waals surface area contributed by atoms with Gasteiger partial charge in [0.1, 0.15) is 5.75 Å². The van der Waals surface area contributed by atoms with E-state index in [0.29, 0.717) is 12.2 Å². The van der Waals surface area contributed by atoms with Crippen molar-refractivity contribution in [2.45, 2.75) is 52.5 Å². The van der Waals surface area contributed by atoms with Crippen molar-refractivity contribution in [1.29, 1.82) is 0 Å². The first-order valence-corrected chi connectivity index (χ1v) is 9.31. The first kappa shape index (κ1) is 18.2. The molecule has 26 heavy (non-hydrogen) atoms. The molecule has 1 aromatic carbocycles. The normalized spacial score (nSPS) is 11.2. The number of hydrogen-bond acceptors (Lipinski definition) is 4. The minimum atomic E-state index is -0.000342. The first-order chi connectivity index (χ1) is 12.7. The molecular formula is C20H26N4O2. The van der Waals surface area contributed by atoms with E-state index in [1.54, 1.807) is 7.11 Å². The van der Waals surface area contributed by atoms with E-state index in [1.165, 1.54) is 0 Å². The first-order valence-electron chi connectivity index (χ1n) is 9.31. The SMILES string of the molecule is CCCCC(=O)Nc1nn(CCCC)c2nc3ccc(OC)cc3cc12. The van der Waals surface area contributed by atoms with E-state index in [-0.39, 0.29) is 5.91 Å². The van der Waals surface area contributed by atoms with Crippen LogP contribution in [0.1, 0.15) is 46.0 Å². The molecule has 2 aromatic heterocycles. The summed E-state index contributed by atoms with van der Waals surface area (Å²) < 4.78 is 7.21. The number of aryl methyl sites for hydroxylation is 1. The minimum Gasteiger partial charge on any atom is -0.497 e. The molecule has 0 bridgehead atoms. The maximum atomic E-state index is 12.2. The molecule has 3 rings (SSSR count). The zero-order chi connectivity index (χ0) is 18.5. The number of methoxy groups -OCH3 is 1. The molecule has 0 aliphatic rings. The van der Waals surface area contributed by atoms with Gasteiger partial charge in [-0.3, -0.25) is 4.79 Å². The van der Waals surface area contributed by atoms with Gasteiger partial charge in [0.15, 0.2) is 11.5 Å². The van der Waals surface area contributed by atoms with Crippen molar-refractivity contribution in [3.05, 3.63) is 24.3 Å². The molecule has 6 heteroatoms. The van der Waals surface area contributed by atoms with Crippen molar-refractivity contribution in [2.24, 2.45) is 0 Å². The third-order valence-electron chi connectivity index (χ3n) is 4.46. The van der Waals surface area contributed by atoms with Crippen LogP contribution in [0.2, 0.25) is 0 Å². The van der Waals surface area contributed by atoms with Crippen molar-refractivity contribution in [3.63, 3.8) is 0 Å². The number of benzene rings is 1. The van der Waals surface area contributed by atoms with Gasteiger partial charge in [0.25, 0.3) is 0 Å². The summed E-state index contributed by atoms with van der Waals surface area (Å²) in [4.78, 5) is 17.0. The zero-order valence-corrected chi connectivity index (χ0v) is 15.7. The Labute approximate surface area is 153 Å². The molecule has 0 unspecified atom stereocenters. The molecule has 0 aliphatic carbocycles. The fourth-order valence-electron chi connectivity index (χ4n) is 2.95. The number of ether oxygens (including phenoxy) is 1. The quantitative estimate of drug-likeness (QED) is 0.645. The molecule has 3 aromatic rings. The minimum absolute atomic E-state index is 0.000342. The number of nitrogens with one attached hydrogen (secondary N) is 1. The average Bonchev–Trinajstić information content (AvgIpc) is 2.98. The van der Waals surface area contributed by atoms with Crippen LogP contribution in [0.3, 0.4) is 0 Å². The predicted octanol–water partition coefficient (Wildman–Crippen LogP) is 4.52. The Morgan fingerprint density at radius 3 is 2.73 bits per heavy atom. The molecule has 0 aliphatic heterocycles. The third-order valence-corrected chi connectivity index (χ3v) is 4.46. The average molecular weight is 354 g/mol. The smallest absolute Gasteiger partial charge is 0.225 e. The van der Waals surface area contributed by atoms with Gasteiger partial charge in [0.2, 0.25) is 5.91 Å². The number of nitrogens with zero attached hydrogens (tertiary/aromatic N) is 3.